The molecule has 1 aromatic heterocycles. The molecule has 0 aliphatic carbocycles. The third kappa shape index (κ3) is 4.80. The first-order valence-corrected chi connectivity index (χ1v) is 6.87. The lowest BCUT2D eigenvalue weighted by Gasteiger charge is -2.26. The largest absolute Gasteiger partial charge is 0.383 e. The number of rotatable bonds is 7. The van der Waals surface area contributed by atoms with Crippen LogP contribution >= 0.6 is 0 Å². The Balaban J connectivity index is 2.75. The first kappa shape index (κ1) is 15.9. The van der Waals surface area contributed by atoms with Gasteiger partial charge in [-0.05, 0) is 25.5 Å². The van der Waals surface area contributed by atoms with Crippen LogP contribution in [0.5, 0.6) is 0 Å². The van der Waals surface area contributed by atoms with Crippen LogP contribution < -0.4 is 10.2 Å². The van der Waals surface area contributed by atoms with Crippen molar-refractivity contribution in [1.29, 1.82) is 0 Å². The quantitative estimate of drug-likeness (QED) is 0.821. The van der Waals surface area contributed by atoms with Crippen LogP contribution in [0.25, 0.3) is 0 Å². The maximum Gasteiger partial charge on any atom is 0.128 e. The monoisotopic (exact) mass is 265 g/mol. The summed E-state index contributed by atoms with van der Waals surface area (Å²) in [6, 6.07) is 5.04. The Bertz CT molecular complexity index is 393. The van der Waals surface area contributed by atoms with E-state index >= 15 is 0 Å². The van der Waals surface area contributed by atoms with Crippen LogP contribution in [0.2, 0.25) is 0 Å². The number of nitrogens with one attached hydrogen (secondary N) is 1. The Morgan fingerprint density at radius 3 is 2.53 bits per heavy atom. The van der Waals surface area contributed by atoms with E-state index in [0.29, 0.717) is 18.7 Å². The van der Waals surface area contributed by atoms with E-state index in [4.69, 9.17) is 4.74 Å². The normalized spacial score (nSPS) is 12.8. The first-order valence-electron chi connectivity index (χ1n) is 6.87. The summed E-state index contributed by atoms with van der Waals surface area (Å²) >= 11 is 0. The highest BCUT2D eigenvalue weighted by atomic mass is 16.5. The van der Waals surface area contributed by atoms with Crippen molar-refractivity contribution in [3.63, 3.8) is 0 Å². The van der Waals surface area contributed by atoms with Crippen molar-refractivity contribution in [2.45, 2.75) is 46.3 Å². The van der Waals surface area contributed by atoms with Crippen LogP contribution in [0.1, 0.15) is 32.0 Å². The number of hydrogen-bond donors (Lipinski definition) is 1. The zero-order chi connectivity index (χ0) is 14.4. The molecule has 0 fully saturated rings. The van der Waals surface area contributed by atoms with Gasteiger partial charge in [-0.15, -0.1) is 0 Å². The number of pyridine rings is 1. The van der Waals surface area contributed by atoms with Gasteiger partial charge in [-0.1, -0.05) is 19.9 Å². The maximum atomic E-state index is 5.19. The number of aromatic nitrogens is 1. The number of anilines is 1. The minimum absolute atomic E-state index is 0.316. The molecule has 1 unspecified atom stereocenters. The Hall–Kier alpha value is -1.13. The number of ether oxygens (including phenoxy) is 1. The number of nitrogens with zero attached hydrogens (tertiary/aromatic N) is 2. The molecule has 1 aromatic rings. The van der Waals surface area contributed by atoms with E-state index in [1.165, 1.54) is 5.56 Å². The van der Waals surface area contributed by atoms with Gasteiger partial charge >= 0.3 is 0 Å². The summed E-state index contributed by atoms with van der Waals surface area (Å²) in [5.41, 5.74) is 2.34. The van der Waals surface area contributed by atoms with E-state index in [-0.39, 0.29) is 0 Å². The third-order valence-corrected chi connectivity index (χ3v) is 3.31. The summed E-state index contributed by atoms with van der Waals surface area (Å²) < 4.78 is 5.19. The van der Waals surface area contributed by atoms with Crippen molar-refractivity contribution in [3.8, 4) is 0 Å². The molecule has 1 rings (SSSR count). The van der Waals surface area contributed by atoms with Crippen molar-refractivity contribution in [1.82, 2.24) is 10.3 Å². The van der Waals surface area contributed by atoms with Crippen molar-refractivity contribution >= 4 is 5.82 Å². The minimum atomic E-state index is 0.316. The number of likely N-dealkylation sites (N-methyl/N-ethyl adjacent to an activating group) is 1. The summed E-state index contributed by atoms with van der Waals surface area (Å²) in [6.07, 6.45) is 0. The molecule has 1 atom stereocenters. The van der Waals surface area contributed by atoms with E-state index in [2.05, 4.69) is 62.1 Å². The molecule has 0 saturated heterocycles. The van der Waals surface area contributed by atoms with Gasteiger partial charge in [0.1, 0.15) is 5.82 Å². The van der Waals surface area contributed by atoms with Gasteiger partial charge in [0.25, 0.3) is 0 Å². The number of methoxy groups -OCH3 is 1. The van der Waals surface area contributed by atoms with Crippen LogP contribution in [0, 0.1) is 6.92 Å². The molecule has 0 aliphatic rings. The average molecular weight is 265 g/mol. The second-order valence-corrected chi connectivity index (χ2v) is 5.36. The second-order valence-electron chi connectivity index (χ2n) is 5.36. The summed E-state index contributed by atoms with van der Waals surface area (Å²) in [4.78, 5) is 6.83. The second kappa shape index (κ2) is 7.46. The van der Waals surface area contributed by atoms with Crippen molar-refractivity contribution in [2.24, 2.45) is 0 Å². The molecular weight excluding hydrogens is 238 g/mol. The van der Waals surface area contributed by atoms with E-state index in [1.807, 2.05) is 0 Å². The molecule has 0 aliphatic heterocycles. The van der Waals surface area contributed by atoms with E-state index in [1.54, 1.807) is 7.11 Å². The topological polar surface area (TPSA) is 37.4 Å². The Kier molecular flexibility index (Phi) is 6.25. The average Bonchev–Trinajstić information content (AvgIpc) is 2.36. The first-order chi connectivity index (χ1) is 8.95. The highest BCUT2D eigenvalue weighted by Gasteiger charge is 2.12. The molecule has 0 radical (unpaired) electrons. The van der Waals surface area contributed by atoms with Crippen LogP contribution in [0.4, 0.5) is 5.82 Å². The van der Waals surface area contributed by atoms with Gasteiger partial charge in [-0.25, -0.2) is 4.98 Å². The lowest BCUT2D eigenvalue weighted by atomic mass is 10.2. The fourth-order valence-corrected chi connectivity index (χ4v) is 1.85. The smallest absolute Gasteiger partial charge is 0.128 e. The van der Waals surface area contributed by atoms with Crippen molar-refractivity contribution < 1.29 is 4.74 Å². The summed E-state index contributed by atoms with van der Waals surface area (Å²) in [5, 5.41) is 3.42. The molecule has 4 nitrogen and oxygen atoms in total. The highest BCUT2D eigenvalue weighted by Crippen LogP contribution is 2.16. The van der Waals surface area contributed by atoms with Gasteiger partial charge in [0.2, 0.25) is 0 Å². The molecule has 0 bridgehead atoms. The molecule has 108 valence electrons. The molecule has 0 amide bonds. The molecular formula is C15H27N3O. The molecule has 0 aromatic carbocycles. The van der Waals surface area contributed by atoms with Crippen LogP contribution in [-0.4, -0.2) is 37.8 Å². The fraction of sp³-hybridized carbons (Fsp3) is 0.667. The number of aryl methyl sites for hydroxylation is 1. The molecule has 1 N–H and O–H groups in total. The molecule has 4 heteroatoms. The molecule has 1 heterocycles. The Morgan fingerprint density at radius 2 is 2.00 bits per heavy atom. The molecule has 0 spiro atoms. The van der Waals surface area contributed by atoms with Crippen LogP contribution in [0.15, 0.2) is 12.1 Å². The Morgan fingerprint density at radius 1 is 1.32 bits per heavy atom. The zero-order valence-electron chi connectivity index (χ0n) is 13.0. The van der Waals surface area contributed by atoms with E-state index in [0.717, 1.165) is 18.1 Å². The summed E-state index contributed by atoms with van der Waals surface area (Å²) in [6.45, 7) is 10.1. The summed E-state index contributed by atoms with van der Waals surface area (Å²) in [7, 11) is 3.78. The van der Waals surface area contributed by atoms with Crippen molar-refractivity contribution in [2.75, 3.05) is 25.7 Å². The number of hydrogen-bond acceptors (Lipinski definition) is 4. The molecule has 0 saturated carbocycles. The van der Waals surface area contributed by atoms with E-state index < -0.39 is 0 Å². The zero-order valence-corrected chi connectivity index (χ0v) is 13.0. The SMILES string of the molecule is COCC(C)N(C)c1ccc(CNC(C)C)c(C)n1. The summed E-state index contributed by atoms with van der Waals surface area (Å²) in [5.74, 6) is 0.996. The standard InChI is InChI=1S/C15H27N3O/c1-11(2)16-9-14-7-8-15(17-13(14)4)18(5)12(3)10-19-6/h7-8,11-12,16H,9-10H2,1-6H3. The highest BCUT2D eigenvalue weighted by molar-refractivity contribution is 5.41. The molecule has 19 heavy (non-hydrogen) atoms. The van der Waals surface area contributed by atoms with Gasteiger partial charge in [0, 0.05) is 32.4 Å². The minimum Gasteiger partial charge on any atom is -0.383 e. The maximum absolute atomic E-state index is 5.19. The lowest BCUT2D eigenvalue weighted by Crippen LogP contribution is -2.33. The van der Waals surface area contributed by atoms with Gasteiger partial charge in [0.15, 0.2) is 0 Å². The fourth-order valence-electron chi connectivity index (χ4n) is 1.85. The van der Waals surface area contributed by atoms with Gasteiger partial charge < -0.3 is 15.0 Å². The van der Waals surface area contributed by atoms with Crippen LogP contribution in [0.3, 0.4) is 0 Å². The predicted octanol–water partition coefficient (Wildman–Crippen LogP) is 2.36. The Labute approximate surface area is 117 Å². The van der Waals surface area contributed by atoms with Gasteiger partial charge in [-0.3, -0.25) is 0 Å². The van der Waals surface area contributed by atoms with Crippen LogP contribution in [-0.2, 0) is 11.3 Å². The lowest BCUT2D eigenvalue weighted by molar-refractivity contribution is 0.183. The van der Waals surface area contributed by atoms with E-state index in [9.17, 15) is 0 Å². The van der Waals surface area contributed by atoms with Gasteiger partial charge in [0.05, 0.1) is 12.6 Å². The van der Waals surface area contributed by atoms with Crippen molar-refractivity contribution in [3.05, 3.63) is 23.4 Å². The predicted molar refractivity (Wildman–Crippen MR) is 80.7 cm³/mol. The van der Waals surface area contributed by atoms with Gasteiger partial charge in [-0.2, -0.15) is 0 Å². The third-order valence-electron chi connectivity index (χ3n) is 3.31.